The maximum Gasteiger partial charge on any atom is 0.391 e. The molecule has 2 unspecified atom stereocenters. The topological polar surface area (TPSA) is 321 Å². The minimum absolute atomic E-state index is 0.00231. The second-order valence-corrected chi connectivity index (χ2v) is 33.2. The van der Waals surface area contributed by atoms with Crippen molar-refractivity contribution in [3.8, 4) is 46.0 Å². The maximum absolute atomic E-state index is 16.9. The molecule has 0 saturated heterocycles. The van der Waals surface area contributed by atoms with Crippen LogP contribution in [0, 0.1) is 0 Å². The number of amides is 10. The third kappa shape index (κ3) is 17.1. The summed E-state index contributed by atoms with van der Waals surface area (Å²) in [6, 6.07) is 33.1. The van der Waals surface area contributed by atoms with Crippen LogP contribution in [0.1, 0.15) is 190 Å². The van der Waals surface area contributed by atoms with Gasteiger partial charge in [-0.2, -0.15) is 13.2 Å². The van der Waals surface area contributed by atoms with Crippen molar-refractivity contribution in [2.24, 2.45) is 0 Å². The molecule has 10 amide bonds. The number of halogens is 3. The molecule has 2 atom stereocenters. The van der Waals surface area contributed by atoms with E-state index in [2.05, 4.69) is 47.6 Å². The van der Waals surface area contributed by atoms with E-state index in [4.69, 9.17) is 36.6 Å². The number of benzene rings is 9. The van der Waals surface area contributed by atoms with Gasteiger partial charge in [-0.15, -0.1) is 0 Å². The lowest BCUT2D eigenvalue weighted by molar-refractivity contribution is -0.152. The average molecular weight is 1750 g/mol. The first-order chi connectivity index (χ1) is 61.3. The van der Waals surface area contributed by atoms with Crippen LogP contribution in [0.4, 0.5) is 59.5 Å². The normalized spacial score (nSPS) is 13.1. The Labute approximate surface area is 737 Å². The summed E-state index contributed by atoms with van der Waals surface area (Å²) in [5.74, 6) is -12.6. The van der Waals surface area contributed by atoms with Crippen LogP contribution >= 0.6 is 0 Å². The minimum atomic E-state index is -5.41. The molecule has 4 N–H and O–H groups in total. The highest BCUT2D eigenvalue weighted by atomic mass is 19.4. The van der Waals surface area contributed by atoms with E-state index in [1.807, 2.05) is 79.7 Å². The number of carbonyl (C=O) groups is 10. The van der Waals surface area contributed by atoms with Crippen molar-refractivity contribution in [2.75, 3.05) is 31.1 Å². The number of nitrogens with one attached hydrogen (secondary N) is 4. The molecule has 29 heteroatoms. The van der Waals surface area contributed by atoms with Crippen LogP contribution in [0.25, 0.3) is 43.1 Å². The molecule has 2 aliphatic rings. The van der Waals surface area contributed by atoms with Crippen LogP contribution in [0.15, 0.2) is 237 Å². The molecular weight excluding hydrogens is 1660 g/mol. The summed E-state index contributed by atoms with van der Waals surface area (Å²) >= 11 is 0. The molecule has 26 nitrogen and oxygen atoms in total. The Bertz CT molecular complexity index is 6480. The van der Waals surface area contributed by atoms with E-state index in [-0.39, 0.29) is 192 Å². The average Bonchev–Trinajstić information content (AvgIpc) is 1.03. The molecular formula is C100H89F3N8O18. The SMILES string of the molecule is C=C(C)C(=O)Nc1coc(N(C(=O)C(CC)N2C(=O)c3cc(Oc4ccc(C(C)C)cc4)c4c5c(Oc6ccc(C(C)C)cc6)cc6c7c(cc(Oc8ccc(C(C)C)cc8)c(c8c(Oc9ccc(C(C)C)cc9)cc(c3c48)C2=O)c75)C(=O)N(C(CC(F)(F)F)C(=O)N(c2cc(NC(=O)C(=C)C)co2)c2cc(NC(=O)C(=C)C)co2)C6=O)c2cc(NC(=O)C(=C)C)co2)c1. The van der Waals surface area contributed by atoms with Crippen molar-refractivity contribution >= 4 is 148 Å². The fourth-order valence-corrected chi connectivity index (χ4v) is 15.5. The maximum atomic E-state index is 16.9. The van der Waals surface area contributed by atoms with Crippen molar-refractivity contribution in [1.29, 1.82) is 0 Å². The monoisotopic (exact) mass is 1750 g/mol. The van der Waals surface area contributed by atoms with Gasteiger partial charge in [0.2, 0.25) is 23.5 Å². The van der Waals surface area contributed by atoms with E-state index in [0.29, 0.717) is 4.90 Å². The molecule has 0 fully saturated rings. The summed E-state index contributed by atoms with van der Waals surface area (Å²) in [7, 11) is 0. The first-order valence-electron chi connectivity index (χ1n) is 41.5. The van der Waals surface area contributed by atoms with Crippen LogP contribution < -0.4 is 50.0 Å². The molecule has 0 bridgehead atoms. The lowest BCUT2D eigenvalue weighted by Gasteiger charge is -2.36. The zero-order chi connectivity index (χ0) is 92.5. The third-order valence-corrected chi connectivity index (χ3v) is 22.3. The molecule has 0 radical (unpaired) electrons. The number of furan rings is 4. The zero-order valence-electron chi connectivity index (χ0n) is 72.6. The highest BCUT2D eigenvalue weighted by molar-refractivity contribution is 6.45. The molecule has 4 aromatic heterocycles. The van der Waals surface area contributed by atoms with Gasteiger partial charge in [0, 0.05) is 89.6 Å². The molecule has 13 aromatic rings. The van der Waals surface area contributed by atoms with Crippen LogP contribution in [-0.2, 0) is 28.8 Å². The van der Waals surface area contributed by atoms with Gasteiger partial charge < -0.3 is 57.9 Å². The lowest BCUT2D eigenvalue weighted by atomic mass is 9.80. The Kier molecular flexibility index (Phi) is 23.8. The summed E-state index contributed by atoms with van der Waals surface area (Å²) in [6.07, 6.45) is -3.74. The zero-order valence-corrected chi connectivity index (χ0v) is 72.6. The van der Waals surface area contributed by atoms with Gasteiger partial charge in [-0.3, -0.25) is 57.7 Å². The van der Waals surface area contributed by atoms with E-state index in [1.165, 1.54) is 64.1 Å². The largest absolute Gasteiger partial charge is 0.457 e. The summed E-state index contributed by atoms with van der Waals surface area (Å²) < 4.78 is 101. The van der Waals surface area contributed by atoms with Gasteiger partial charge in [-0.25, -0.2) is 9.80 Å². The Hall–Kier alpha value is -15.6. The summed E-state index contributed by atoms with van der Waals surface area (Å²) in [4.78, 5) is 155. The first kappa shape index (κ1) is 88.3. The molecule has 129 heavy (non-hydrogen) atoms. The quantitative estimate of drug-likeness (QED) is 0.0141. The molecule has 0 aliphatic carbocycles. The number of anilines is 8. The molecule has 2 aliphatic heterocycles. The predicted octanol–water partition coefficient (Wildman–Crippen LogP) is 23.9. The van der Waals surface area contributed by atoms with Gasteiger partial charge in [0.15, 0.2) is 0 Å². The van der Waals surface area contributed by atoms with Crippen molar-refractivity contribution in [3.63, 3.8) is 0 Å². The minimum Gasteiger partial charge on any atom is -0.457 e. The number of rotatable bonds is 30. The highest BCUT2D eigenvalue weighted by Crippen LogP contribution is 2.59. The molecule has 0 saturated carbocycles. The number of carbonyl (C=O) groups excluding carboxylic acids is 10. The number of fused-ring (bicyclic) bond motifs is 2. The van der Waals surface area contributed by atoms with E-state index in [1.54, 1.807) is 79.7 Å². The summed E-state index contributed by atoms with van der Waals surface area (Å²) in [5, 5.41) is 9.99. The van der Waals surface area contributed by atoms with Gasteiger partial charge in [0.05, 0.1) is 51.4 Å². The van der Waals surface area contributed by atoms with E-state index in [9.17, 15) is 19.2 Å². The van der Waals surface area contributed by atoms with Crippen LogP contribution in [0.3, 0.4) is 0 Å². The van der Waals surface area contributed by atoms with Gasteiger partial charge in [0.1, 0.15) is 83.1 Å². The van der Waals surface area contributed by atoms with Gasteiger partial charge in [-0.1, -0.05) is 137 Å². The van der Waals surface area contributed by atoms with E-state index >= 15 is 41.9 Å². The number of nitrogens with zero attached hydrogens (tertiary/aromatic N) is 4. The molecule has 15 rings (SSSR count). The number of hydrogen-bond donors (Lipinski definition) is 4. The second-order valence-electron chi connectivity index (χ2n) is 33.2. The third-order valence-electron chi connectivity index (χ3n) is 22.3. The van der Waals surface area contributed by atoms with E-state index in [0.717, 1.165) is 69.2 Å². The molecule has 6 heterocycles. The lowest BCUT2D eigenvalue weighted by Crippen LogP contribution is -2.55. The number of alkyl halides is 3. The van der Waals surface area contributed by atoms with Crippen LogP contribution in [-0.4, -0.2) is 87.1 Å². The second kappa shape index (κ2) is 34.8. The van der Waals surface area contributed by atoms with Gasteiger partial charge >= 0.3 is 6.18 Å². The Balaban J connectivity index is 1.05. The van der Waals surface area contributed by atoms with Crippen molar-refractivity contribution < 1.29 is 97.7 Å². The highest BCUT2D eigenvalue weighted by Gasteiger charge is 2.51. The van der Waals surface area contributed by atoms with Crippen molar-refractivity contribution in [2.45, 2.75) is 145 Å². The van der Waals surface area contributed by atoms with Crippen LogP contribution in [0.2, 0.25) is 0 Å². The number of ether oxygens (including phenoxy) is 4. The number of hydrogen-bond acceptors (Lipinski definition) is 18. The van der Waals surface area contributed by atoms with Gasteiger partial charge in [0.25, 0.3) is 59.1 Å². The Morgan fingerprint density at radius 3 is 0.791 bits per heavy atom. The van der Waals surface area contributed by atoms with Crippen molar-refractivity contribution in [3.05, 3.63) is 264 Å². The Morgan fingerprint density at radius 2 is 0.581 bits per heavy atom. The van der Waals surface area contributed by atoms with Crippen molar-refractivity contribution in [1.82, 2.24) is 9.80 Å². The fourth-order valence-electron chi connectivity index (χ4n) is 15.5. The fraction of sp³-hybridized carbons (Fsp3) is 0.220. The smallest absolute Gasteiger partial charge is 0.391 e. The van der Waals surface area contributed by atoms with Gasteiger partial charge in [-0.05, 0) is 153 Å². The summed E-state index contributed by atoms with van der Waals surface area (Å²) in [6.45, 7) is 37.9. The van der Waals surface area contributed by atoms with Crippen LogP contribution in [0.5, 0.6) is 46.0 Å². The predicted molar refractivity (Wildman–Crippen MR) is 483 cm³/mol. The molecule has 658 valence electrons. The first-order valence-corrected chi connectivity index (χ1v) is 41.5. The summed E-state index contributed by atoms with van der Waals surface area (Å²) in [5.41, 5.74) is 2.08. The Morgan fingerprint density at radius 1 is 0.357 bits per heavy atom. The molecule has 9 aromatic carbocycles. The standard InChI is InChI=1S/C100H89F3N8O18/c1-18-72(98(120)110(78-35-60(44-122-78)104-90(112)52(10)11)79-36-61(45-123-79)105-91(113)53(12)13)108-94(116)68-39-74(126-64-27-19-56(20-28-64)48(2)3)84-86-76(128-66-31-23-58(24-32-66)50(6)7)41-70-83-71(97(119)109(96(70)118)73(43-100(101,102)103)99(121)111(80-37-62(46-124-80)106-92(114)54(14)15)81-38-63(47-125-81)107-93(115)55(16)17)42-77(129-67-33-25-59(26-34-67)51(8)9)87(89(83)86)85-75(40-69(95(108)117)82(68)88(84)85)127-65-29-21-57(22-30-65)49(4)5/h19-42,44-51,72-73H,10,12,14,16,18,43H2,1-9,11,13,15,17H3,(H,104,112)(H,105,113)(H,106,114)(H,107,115). The van der Waals surface area contributed by atoms with E-state index < -0.39 is 107 Å². The molecule has 0 spiro atoms. The number of imide groups is 2.